The van der Waals surface area contributed by atoms with E-state index in [2.05, 4.69) is 5.32 Å². The molecule has 6 nitrogen and oxygen atoms in total. The Balaban J connectivity index is 2.42. The van der Waals surface area contributed by atoms with Gasteiger partial charge in [-0.25, -0.2) is 0 Å². The largest absolute Gasteiger partial charge is 0.327 e. The van der Waals surface area contributed by atoms with Crippen LogP contribution < -0.4 is 11.1 Å². The number of nitro benzene ring substituents is 1. The van der Waals surface area contributed by atoms with Crippen LogP contribution in [0, 0.1) is 10.1 Å². The van der Waals surface area contributed by atoms with E-state index in [-0.39, 0.29) is 17.6 Å². The number of carbonyl (C=O) groups excluding carboxylic acids is 1. The van der Waals surface area contributed by atoms with Crippen molar-refractivity contribution in [2.45, 2.75) is 13.0 Å². The van der Waals surface area contributed by atoms with Gasteiger partial charge in [0.05, 0.1) is 10.7 Å². The Labute approximate surface area is 109 Å². The fourth-order valence-electron chi connectivity index (χ4n) is 1.20. The van der Waals surface area contributed by atoms with Gasteiger partial charge in [-0.15, -0.1) is 0 Å². The molecule has 0 saturated heterocycles. The molecule has 0 saturated carbocycles. The maximum atomic E-state index is 11.5. The molecule has 0 aromatic heterocycles. The number of nitrogens with one attached hydrogen (secondary N) is 1. The number of hydrogen-bond acceptors (Lipinski definition) is 5. The van der Waals surface area contributed by atoms with Crippen LogP contribution in [0.5, 0.6) is 0 Å². The average Bonchev–Trinajstić information content (AvgIpc) is 2.29. The van der Waals surface area contributed by atoms with Gasteiger partial charge in [-0.3, -0.25) is 14.9 Å². The van der Waals surface area contributed by atoms with E-state index in [9.17, 15) is 14.9 Å². The molecule has 7 heteroatoms. The number of hydrogen-bond donors (Lipinski definition) is 2. The number of rotatable bonds is 6. The molecule has 0 bridgehead atoms. The van der Waals surface area contributed by atoms with Gasteiger partial charge >= 0.3 is 0 Å². The summed E-state index contributed by atoms with van der Waals surface area (Å²) < 4.78 is 0. The summed E-state index contributed by atoms with van der Waals surface area (Å²) in [5, 5.41) is 13.1. The highest BCUT2D eigenvalue weighted by Crippen LogP contribution is 2.15. The molecule has 1 atom stereocenters. The maximum Gasteiger partial charge on any atom is 0.269 e. The van der Waals surface area contributed by atoms with Crippen LogP contribution in [0.2, 0.25) is 0 Å². The summed E-state index contributed by atoms with van der Waals surface area (Å²) >= 11 is 1.45. The summed E-state index contributed by atoms with van der Waals surface area (Å²) in [6, 6.07) is 5.77. The maximum absolute atomic E-state index is 11.5. The Morgan fingerprint density at radius 1 is 1.50 bits per heavy atom. The van der Waals surface area contributed by atoms with Gasteiger partial charge in [0.1, 0.15) is 0 Å². The predicted molar refractivity (Wildman–Crippen MR) is 72.7 cm³/mol. The molecule has 0 aliphatic heterocycles. The summed E-state index contributed by atoms with van der Waals surface area (Å²) in [7, 11) is 0. The molecule has 1 aromatic carbocycles. The third-order valence-electron chi connectivity index (χ3n) is 1.98. The quantitative estimate of drug-likeness (QED) is 0.604. The molecule has 18 heavy (non-hydrogen) atoms. The first-order valence-corrected chi connectivity index (χ1v) is 6.52. The first kappa shape index (κ1) is 14.5. The van der Waals surface area contributed by atoms with Crippen molar-refractivity contribution in [3.05, 3.63) is 34.4 Å². The van der Waals surface area contributed by atoms with Crippen molar-refractivity contribution in [3.8, 4) is 0 Å². The molecule has 0 heterocycles. The van der Waals surface area contributed by atoms with Crippen molar-refractivity contribution in [2.75, 3.05) is 16.8 Å². The molecule has 0 aliphatic carbocycles. The van der Waals surface area contributed by atoms with Gasteiger partial charge in [0, 0.05) is 29.6 Å². The minimum absolute atomic E-state index is 0.000620. The number of carbonyl (C=O) groups is 1. The molecule has 98 valence electrons. The zero-order valence-electron chi connectivity index (χ0n) is 9.96. The topological polar surface area (TPSA) is 98.3 Å². The van der Waals surface area contributed by atoms with Gasteiger partial charge in [0.2, 0.25) is 5.91 Å². The van der Waals surface area contributed by atoms with Crippen LogP contribution in [0.15, 0.2) is 24.3 Å². The Hall–Kier alpha value is -1.60. The lowest BCUT2D eigenvalue weighted by Gasteiger charge is -2.06. The Kier molecular flexibility index (Phi) is 5.60. The first-order chi connectivity index (χ1) is 8.49. The summed E-state index contributed by atoms with van der Waals surface area (Å²) in [5.74, 6) is 0.890. The second-order valence-electron chi connectivity index (χ2n) is 3.84. The second-order valence-corrected chi connectivity index (χ2v) is 4.87. The van der Waals surface area contributed by atoms with Crippen molar-refractivity contribution >= 4 is 29.0 Å². The minimum Gasteiger partial charge on any atom is -0.327 e. The average molecular weight is 269 g/mol. The van der Waals surface area contributed by atoms with Crippen LogP contribution in [0.1, 0.15) is 6.92 Å². The second kappa shape index (κ2) is 6.97. The third kappa shape index (κ3) is 5.15. The van der Waals surface area contributed by atoms with Gasteiger partial charge < -0.3 is 11.1 Å². The lowest BCUT2D eigenvalue weighted by atomic mass is 10.3. The predicted octanol–water partition coefficient (Wildman–Crippen LogP) is 1.61. The van der Waals surface area contributed by atoms with Crippen LogP contribution in [-0.4, -0.2) is 28.4 Å². The highest BCUT2D eigenvalue weighted by molar-refractivity contribution is 8.00. The molecule has 1 unspecified atom stereocenters. The van der Waals surface area contributed by atoms with Gasteiger partial charge in [-0.05, 0) is 19.1 Å². The lowest BCUT2D eigenvalue weighted by molar-refractivity contribution is -0.384. The van der Waals surface area contributed by atoms with Gasteiger partial charge in [0.15, 0.2) is 0 Å². The lowest BCUT2D eigenvalue weighted by Crippen LogP contribution is -2.20. The normalized spacial score (nSPS) is 11.9. The smallest absolute Gasteiger partial charge is 0.269 e. The van der Waals surface area contributed by atoms with Crippen molar-refractivity contribution in [2.24, 2.45) is 5.73 Å². The van der Waals surface area contributed by atoms with Crippen molar-refractivity contribution in [3.63, 3.8) is 0 Å². The number of nitro groups is 1. The van der Waals surface area contributed by atoms with Crippen LogP contribution in [-0.2, 0) is 4.79 Å². The first-order valence-electron chi connectivity index (χ1n) is 5.36. The number of nitrogens with two attached hydrogens (primary N) is 1. The fourth-order valence-corrected chi connectivity index (χ4v) is 1.95. The molecule has 1 rings (SSSR count). The fraction of sp³-hybridized carbons (Fsp3) is 0.364. The monoisotopic (exact) mass is 269 g/mol. The number of nitrogens with zero attached hydrogens (tertiary/aromatic N) is 1. The Morgan fingerprint density at radius 3 is 2.61 bits per heavy atom. The van der Waals surface area contributed by atoms with Crippen LogP contribution >= 0.6 is 11.8 Å². The minimum atomic E-state index is -0.482. The van der Waals surface area contributed by atoms with E-state index in [1.54, 1.807) is 0 Å². The van der Waals surface area contributed by atoms with Crippen LogP contribution in [0.4, 0.5) is 11.4 Å². The molecule has 1 aromatic rings. The molecule has 0 spiro atoms. The van der Waals surface area contributed by atoms with Crippen LogP contribution in [0.3, 0.4) is 0 Å². The summed E-state index contributed by atoms with van der Waals surface area (Å²) in [6.45, 7) is 1.88. The van der Waals surface area contributed by atoms with Crippen molar-refractivity contribution < 1.29 is 9.72 Å². The van der Waals surface area contributed by atoms with Gasteiger partial charge in [0.25, 0.3) is 5.69 Å². The number of non-ortho nitro benzene ring substituents is 1. The van der Waals surface area contributed by atoms with E-state index in [1.807, 2.05) is 6.92 Å². The van der Waals surface area contributed by atoms with E-state index in [0.29, 0.717) is 17.2 Å². The van der Waals surface area contributed by atoms with Crippen LogP contribution in [0.25, 0.3) is 0 Å². The number of thioether (sulfide) groups is 1. The Morgan fingerprint density at radius 2 is 2.11 bits per heavy atom. The zero-order valence-corrected chi connectivity index (χ0v) is 10.8. The van der Waals surface area contributed by atoms with E-state index in [0.717, 1.165) is 0 Å². The molecule has 0 fully saturated rings. The molecule has 1 amide bonds. The number of anilines is 1. The van der Waals surface area contributed by atoms with E-state index in [1.165, 1.54) is 36.0 Å². The van der Waals surface area contributed by atoms with Crippen molar-refractivity contribution in [1.82, 2.24) is 0 Å². The Bertz CT molecular complexity index is 420. The van der Waals surface area contributed by atoms with E-state index in [4.69, 9.17) is 5.73 Å². The standard InChI is InChI=1S/C11H15N3O3S/c1-8(12)6-18-7-11(15)13-9-2-4-10(5-3-9)14(16)17/h2-5,8H,6-7,12H2,1H3,(H,13,15). The highest BCUT2D eigenvalue weighted by atomic mass is 32.2. The van der Waals surface area contributed by atoms with E-state index < -0.39 is 4.92 Å². The molecule has 0 aliphatic rings. The molecular formula is C11H15N3O3S. The summed E-state index contributed by atoms with van der Waals surface area (Å²) in [5.41, 5.74) is 6.11. The van der Waals surface area contributed by atoms with Crippen molar-refractivity contribution in [1.29, 1.82) is 0 Å². The summed E-state index contributed by atoms with van der Waals surface area (Å²) in [6.07, 6.45) is 0. The molecule has 3 N–H and O–H groups in total. The molecular weight excluding hydrogens is 254 g/mol. The SMILES string of the molecule is CC(N)CSCC(=O)Nc1ccc([N+](=O)[O-])cc1. The van der Waals surface area contributed by atoms with Gasteiger partial charge in [-0.2, -0.15) is 11.8 Å². The van der Waals surface area contributed by atoms with E-state index >= 15 is 0 Å². The summed E-state index contributed by atoms with van der Waals surface area (Å²) in [4.78, 5) is 21.5. The van der Waals surface area contributed by atoms with Gasteiger partial charge in [-0.1, -0.05) is 0 Å². The third-order valence-corrected chi connectivity index (χ3v) is 3.20. The number of amides is 1. The zero-order chi connectivity index (χ0) is 13.5. The molecule has 0 radical (unpaired) electrons. The number of benzene rings is 1. The highest BCUT2D eigenvalue weighted by Gasteiger charge is 2.06.